The molecule has 0 aromatic heterocycles. The van der Waals surface area contributed by atoms with Gasteiger partial charge >= 0.3 is 32.7 Å². The molecule has 0 aromatic carbocycles. The minimum Gasteiger partial charge on any atom is -0.520 e. The van der Waals surface area contributed by atoms with Crippen LogP contribution in [0.1, 0.15) is 13.3 Å². The molecular formula is C9H13N2O4SY+2. The van der Waals surface area contributed by atoms with Crippen LogP contribution < -0.4 is 0 Å². The molecule has 3 atom stereocenters. The summed E-state index contributed by atoms with van der Waals surface area (Å²) in [5.74, 6) is -0.888. The molecule has 0 radical (unpaired) electrons. The van der Waals surface area contributed by atoms with Crippen molar-refractivity contribution in [2.45, 2.75) is 25.4 Å². The van der Waals surface area contributed by atoms with E-state index in [1.54, 1.807) is 13.3 Å². The van der Waals surface area contributed by atoms with Crippen molar-refractivity contribution < 1.29 is 50.7 Å². The van der Waals surface area contributed by atoms with Gasteiger partial charge in [-0.05, 0) is 13.0 Å². The second-order valence-electron chi connectivity index (χ2n) is 4.32. The maximum Gasteiger partial charge on any atom is 3.00 e. The minimum atomic E-state index is -3.54. The Bertz CT molecular complexity index is 438. The van der Waals surface area contributed by atoms with Gasteiger partial charge < -0.3 is 9.69 Å². The second-order valence-corrected chi connectivity index (χ2v) is 6.18. The fourth-order valence-electron chi connectivity index (χ4n) is 2.68. The van der Waals surface area contributed by atoms with Gasteiger partial charge in [0, 0.05) is 6.04 Å². The quantitative estimate of drug-likeness (QED) is 0.603. The summed E-state index contributed by atoms with van der Waals surface area (Å²) in [4.78, 5) is 23.9. The summed E-state index contributed by atoms with van der Waals surface area (Å²) in [6, 6.07) is -0.751. The zero-order valence-corrected chi connectivity index (χ0v) is 13.3. The molecule has 0 spiro atoms. The van der Waals surface area contributed by atoms with Crippen molar-refractivity contribution in [2.24, 2.45) is 5.92 Å². The second kappa shape index (κ2) is 4.93. The predicted octanol–water partition coefficient (Wildman–Crippen LogP) is -1.07. The Hall–Kier alpha value is -0.00610. The topological polar surface area (TPSA) is 74.8 Å². The first-order valence-corrected chi connectivity index (χ1v) is 6.90. The molecular weight excluding hydrogens is 321 g/mol. The van der Waals surface area contributed by atoms with E-state index in [2.05, 4.69) is 0 Å². The normalized spacial score (nSPS) is 32.4. The van der Waals surface area contributed by atoms with Gasteiger partial charge in [-0.3, -0.25) is 4.79 Å². The maximum atomic E-state index is 11.8. The number of sulfonamides is 1. The van der Waals surface area contributed by atoms with Crippen LogP contribution in [0.5, 0.6) is 0 Å². The first kappa shape index (κ1) is 15.1. The third-order valence-corrected chi connectivity index (χ3v) is 4.48. The number of nitrogens with zero attached hydrogens (tertiary/aromatic N) is 2. The van der Waals surface area contributed by atoms with Crippen molar-refractivity contribution in [2.75, 3.05) is 12.8 Å². The Kier molecular flexibility index (Phi) is 4.37. The van der Waals surface area contributed by atoms with E-state index in [-0.39, 0.29) is 38.8 Å². The van der Waals surface area contributed by atoms with Gasteiger partial charge in [0.25, 0.3) is 0 Å². The fourth-order valence-corrected chi connectivity index (χ4v) is 3.90. The number of carbonyl (C=O) groups is 1. The molecule has 8 heteroatoms. The zero-order valence-electron chi connectivity index (χ0n) is 9.66. The van der Waals surface area contributed by atoms with Gasteiger partial charge in [0.1, 0.15) is 0 Å². The van der Waals surface area contributed by atoms with Crippen molar-refractivity contribution in [3.8, 4) is 0 Å². The Labute approximate surface area is 126 Å². The number of amides is 2. The monoisotopic (exact) mass is 334 g/mol. The van der Waals surface area contributed by atoms with Crippen molar-refractivity contribution in [1.29, 1.82) is 0 Å². The number of rotatable bonds is 2. The molecule has 2 fully saturated rings. The minimum absolute atomic E-state index is 0. The molecule has 0 N–H and O–H groups in total. The molecule has 90 valence electrons. The van der Waals surface area contributed by atoms with Crippen LogP contribution in [0.15, 0.2) is 0 Å². The molecule has 17 heavy (non-hydrogen) atoms. The molecule has 0 bridgehead atoms. The molecule has 6 nitrogen and oxygen atoms in total. The molecule has 3 unspecified atom stereocenters. The standard InChI is InChI=1S/C9H13N2O4S.Y/c1-6-8-7(3-4-10(8)5-12)11(9(6)13)16(2,14)15;/h6-8H,3-4H2,1-2H3;/q-1;+3. The molecule has 2 aliphatic rings. The Morgan fingerprint density at radius 1 is 1.41 bits per heavy atom. The van der Waals surface area contributed by atoms with E-state index in [1.165, 1.54) is 4.90 Å². The summed E-state index contributed by atoms with van der Waals surface area (Å²) in [6.45, 7) is 2.11. The summed E-state index contributed by atoms with van der Waals surface area (Å²) in [5.41, 5.74) is 0. The molecule has 0 saturated carbocycles. The number of hydrogen-bond donors (Lipinski definition) is 0. The summed E-state index contributed by atoms with van der Waals surface area (Å²) < 4.78 is 24.0. The van der Waals surface area contributed by atoms with Crippen LogP contribution >= 0.6 is 0 Å². The van der Waals surface area contributed by atoms with Crippen molar-refractivity contribution in [3.63, 3.8) is 0 Å². The zero-order chi connectivity index (χ0) is 12.1. The average molecular weight is 334 g/mol. The molecule has 0 aliphatic carbocycles. The van der Waals surface area contributed by atoms with Gasteiger partial charge in [-0.25, -0.2) is 12.7 Å². The van der Waals surface area contributed by atoms with Gasteiger partial charge in [0.15, 0.2) is 0 Å². The average Bonchev–Trinajstić information content (AvgIpc) is 2.66. The van der Waals surface area contributed by atoms with Gasteiger partial charge in [0.2, 0.25) is 15.9 Å². The van der Waals surface area contributed by atoms with E-state index < -0.39 is 27.9 Å². The molecule has 0 aromatic rings. The SMILES string of the molecule is CC1C(=O)N(S(C)(=O)=O)C2CCN([C-]=O)C12.[Y+3]. The maximum absolute atomic E-state index is 11.8. The van der Waals surface area contributed by atoms with Crippen LogP contribution in [0.2, 0.25) is 0 Å². The van der Waals surface area contributed by atoms with Crippen molar-refractivity contribution >= 4 is 22.3 Å². The van der Waals surface area contributed by atoms with Crippen LogP contribution in [0, 0.1) is 5.92 Å². The Morgan fingerprint density at radius 3 is 2.47 bits per heavy atom. The van der Waals surface area contributed by atoms with E-state index >= 15 is 0 Å². The Balaban J connectivity index is 0.00000144. The largest absolute Gasteiger partial charge is 3.00 e. The predicted molar refractivity (Wildman–Crippen MR) is 55.4 cm³/mol. The van der Waals surface area contributed by atoms with E-state index in [0.717, 1.165) is 10.6 Å². The van der Waals surface area contributed by atoms with Crippen LogP contribution in [0.25, 0.3) is 0 Å². The van der Waals surface area contributed by atoms with Gasteiger partial charge in [0.05, 0.1) is 18.2 Å². The summed E-state index contributed by atoms with van der Waals surface area (Å²) in [6.07, 6.45) is 3.29. The third-order valence-electron chi connectivity index (χ3n) is 3.31. The molecule has 2 amide bonds. The summed E-state index contributed by atoms with van der Waals surface area (Å²) in [7, 11) is -3.54. The van der Waals surface area contributed by atoms with Crippen LogP contribution in [-0.2, 0) is 52.3 Å². The van der Waals surface area contributed by atoms with E-state index in [9.17, 15) is 18.0 Å². The first-order chi connectivity index (χ1) is 7.38. The van der Waals surface area contributed by atoms with Gasteiger partial charge in [-0.2, -0.15) is 6.41 Å². The molecule has 2 saturated heterocycles. The van der Waals surface area contributed by atoms with Gasteiger partial charge in [-0.15, -0.1) is 0 Å². The number of hydrogen-bond acceptors (Lipinski definition) is 4. The number of fused-ring (bicyclic) bond motifs is 1. The number of carbonyl (C=O) groups excluding carboxylic acids is 2. The van der Waals surface area contributed by atoms with Crippen LogP contribution in [-0.4, -0.2) is 54.8 Å². The van der Waals surface area contributed by atoms with E-state index in [0.29, 0.717) is 13.0 Å². The molecule has 2 rings (SSSR count). The van der Waals surface area contributed by atoms with E-state index in [4.69, 9.17) is 0 Å². The molecule has 2 aliphatic heterocycles. The number of likely N-dealkylation sites (tertiary alicyclic amines) is 1. The van der Waals surface area contributed by atoms with E-state index in [1.807, 2.05) is 0 Å². The third kappa shape index (κ3) is 2.29. The Morgan fingerprint density at radius 2 is 2.00 bits per heavy atom. The van der Waals surface area contributed by atoms with Crippen molar-refractivity contribution in [3.05, 3.63) is 0 Å². The smallest absolute Gasteiger partial charge is 0.520 e. The van der Waals surface area contributed by atoms with Gasteiger partial charge in [-0.1, -0.05) is 6.92 Å². The van der Waals surface area contributed by atoms with Crippen LogP contribution in [0.3, 0.4) is 0 Å². The fraction of sp³-hybridized carbons (Fsp3) is 0.778. The van der Waals surface area contributed by atoms with Crippen LogP contribution in [0.4, 0.5) is 0 Å². The van der Waals surface area contributed by atoms with Crippen molar-refractivity contribution in [1.82, 2.24) is 9.21 Å². The first-order valence-electron chi connectivity index (χ1n) is 5.05. The summed E-state index contributed by atoms with van der Waals surface area (Å²) >= 11 is 0. The molecule has 2 heterocycles. The summed E-state index contributed by atoms with van der Waals surface area (Å²) in [5, 5.41) is 0.